The van der Waals surface area contributed by atoms with Crippen molar-refractivity contribution in [3.05, 3.63) is 53.1 Å². The number of rotatable bonds is 2. The number of hydrogen-bond acceptors (Lipinski definition) is 2. The second kappa shape index (κ2) is 4.96. The molecule has 2 heteroatoms. The van der Waals surface area contributed by atoms with Crippen LogP contribution in [0.5, 0.6) is 5.75 Å². The third-order valence-corrected chi connectivity index (χ3v) is 3.87. The highest BCUT2D eigenvalue weighted by Gasteiger charge is 2.18. The second-order valence-corrected chi connectivity index (χ2v) is 5.24. The fourth-order valence-electron chi connectivity index (χ4n) is 2.86. The van der Waals surface area contributed by atoms with E-state index in [1.807, 2.05) is 25.1 Å². The van der Waals surface area contributed by atoms with Gasteiger partial charge in [0.15, 0.2) is 0 Å². The maximum absolute atomic E-state index is 10.2. The fraction of sp³-hybridized carbons (Fsp3) is 0.294. The van der Waals surface area contributed by atoms with Crippen molar-refractivity contribution in [2.75, 3.05) is 5.32 Å². The minimum absolute atomic E-state index is 0.494. The van der Waals surface area contributed by atoms with Crippen LogP contribution in [-0.4, -0.2) is 5.11 Å². The Bertz CT molecular complexity index is 590. The number of phenols is 1. The molecule has 0 radical (unpaired) electrons. The summed E-state index contributed by atoms with van der Waals surface area (Å²) < 4.78 is 0. The predicted molar refractivity (Wildman–Crippen MR) is 79.2 cm³/mol. The van der Waals surface area contributed by atoms with Gasteiger partial charge in [0.25, 0.3) is 0 Å². The Balaban J connectivity index is 2.04. The van der Waals surface area contributed by atoms with Gasteiger partial charge >= 0.3 is 0 Å². The molecule has 0 aromatic heterocycles. The Kier molecular flexibility index (Phi) is 3.16. The summed E-state index contributed by atoms with van der Waals surface area (Å²) in [7, 11) is 0. The topological polar surface area (TPSA) is 32.3 Å². The Hall–Kier alpha value is -1.96. The van der Waals surface area contributed by atoms with Crippen molar-refractivity contribution >= 4 is 11.4 Å². The lowest BCUT2D eigenvalue weighted by atomic mass is 9.88. The van der Waals surface area contributed by atoms with Gasteiger partial charge in [-0.1, -0.05) is 18.2 Å². The van der Waals surface area contributed by atoms with Crippen LogP contribution in [-0.2, 0) is 12.8 Å². The first-order chi connectivity index (χ1) is 9.25. The molecule has 0 saturated carbocycles. The fourth-order valence-corrected chi connectivity index (χ4v) is 2.86. The summed E-state index contributed by atoms with van der Waals surface area (Å²) in [5, 5.41) is 13.7. The minimum Gasteiger partial charge on any atom is -0.507 e. The van der Waals surface area contributed by atoms with Crippen LogP contribution in [0.15, 0.2) is 36.4 Å². The zero-order valence-corrected chi connectivity index (χ0v) is 11.2. The van der Waals surface area contributed by atoms with Crippen molar-refractivity contribution in [1.29, 1.82) is 0 Å². The Morgan fingerprint density at radius 3 is 2.42 bits per heavy atom. The maximum Gasteiger partial charge on any atom is 0.122 e. The summed E-state index contributed by atoms with van der Waals surface area (Å²) in [4.78, 5) is 0. The Morgan fingerprint density at radius 2 is 1.68 bits per heavy atom. The van der Waals surface area contributed by atoms with Crippen LogP contribution in [0.25, 0.3) is 0 Å². The highest BCUT2D eigenvalue weighted by atomic mass is 16.3. The van der Waals surface area contributed by atoms with Crippen LogP contribution in [0, 0.1) is 6.92 Å². The van der Waals surface area contributed by atoms with E-state index in [1.165, 1.54) is 18.4 Å². The first-order valence-corrected chi connectivity index (χ1v) is 6.92. The number of aromatic hydroxyl groups is 1. The normalized spacial score (nSPS) is 13.9. The lowest BCUT2D eigenvalue weighted by Gasteiger charge is -2.22. The lowest BCUT2D eigenvalue weighted by Crippen LogP contribution is -2.07. The van der Waals surface area contributed by atoms with Crippen molar-refractivity contribution in [3.8, 4) is 5.75 Å². The molecule has 2 aromatic carbocycles. The second-order valence-electron chi connectivity index (χ2n) is 5.24. The Morgan fingerprint density at radius 1 is 1.00 bits per heavy atom. The van der Waals surface area contributed by atoms with Crippen molar-refractivity contribution in [2.24, 2.45) is 0 Å². The molecule has 3 rings (SSSR count). The highest BCUT2D eigenvalue weighted by Crippen LogP contribution is 2.37. The van der Waals surface area contributed by atoms with E-state index in [-0.39, 0.29) is 0 Å². The maximum atomic E-state index is 10.2. The largest absolute Gasteiger partial charge is 0.507 e. The summed E-state index contributed by atoms with van der Waals surface area (Å²) in [6.45, 7) is 1.97. The number of para-hydroxylation sites is 1. The van der Waals surface area contributed by atoms with Gasteiger partial charge in [0.1, 0.15) is 5.75 Å². The average molecular weight is 253 g/mol. The van der Waals surface area contributed by atoms with E-state index in [0.29, 0.717) is 5.75 Å². The molecule has 0 atom stereocenters. The van der Waals surface area contributed by atoms with Gasteiger partial charge in [-0.2, -0.15) is 0 Å². The number of phenolic OH excluding ortho intramolecular Hbond substituents is 1. The summed E-state index contributed by atoms with van der Waals surface area (Å²) in [5.41, 5.74) is 5.64. The van der Waals surface area contributed by atoms with E-state index < -0.39 is 0 Å². The van der Waals surface area contributed by atoms with E-state index >= 15 is 0 Å². The SMILES string of the molecule is Cc1cc(Nc2ccccc2)c2c(c1O)CCCC2. The number of nitrogens with one attached hydrogen (secondary N) is 1. The molecule has 2 aromatic rings. The van der Waals surface area contributed by atoms with Gasteiger partial charge in [-0.05, 0) is 67.5 Å². The molecular weight excluding hydrogens is 234 g/mol. The van der Waals surface area contributed by atoms with Crippen molar-refractivity contribution < 1.29 is 5.11 Å². The van der Waals surface area contributed by atoms with Crippen LogP contribution < -0.4 is 5.32 Å². The summed E-state index contributed by atoms with van der Waals surface area (Å²) >= 11 is 0. The molecule has 0 fully saturated rings. The van der Waals surface area contributed by atoms with Gasteiger partial charge in [-0.15, -0.1) is 0 Å². The zero-order valence-electron chi connectivity index (χ0n) is 11.2. The molecule has 0 amide bonds. The summed E-state index contributed by atoms with van der Waals surface area (Å²) in [6.07, 6.45) is 4.43. The first kappa shape index (κ1) is 12.1. The van der Waals surface area contributed by atoms with Gasteiger partial charge in [0.2, 0.25) is 0 Å². The molecule has 0 spiro atoms. The van der Waals surface area contributed by atoms with Crippen molar-refractivity contribution in [1.82, 2.24) is 0 Å². The number of benzene rings is 2. The van der Waals surface area contributed by atoms with Crippen LogP contribution in [0.2, 0.25) is 0 Å². The number of hydrogen-bond donors (Lipinski definition) is 2. The van der Waals surface area contributed by atoms with Crippen LogP contribution in [0.4, 0.5) is 11.4 Å². The smallest absolute Gasteiger partial charge is 0.122 e. The minimum atomic E-state index is 0.494. The van der Waals surface area contributed by atoms with Crippen LogP contribution in [0.1, 0.15) is 29.5 Å². The van der Waals surface area contributed by atoms with E-state index in [0.717, 1.165) is 35.3 Å². The molecule has 0 heterocycles. The van der Waals surface area contributed by atoms with E-state index in [9.17, 15) is 5.11 Å². The number of fused-ring (bicyclic) bond motifs is 1. The molecule has 2 N–H and O–H groups in total. The molecule has 2 nitrogen and oxygen atoms in total. The predicted octanol–water partition coefficient (Wildman–Crippen LogP) is 4.32. The summed E-state index contributed by atoms with van der Waals surface area (Å²) in [5.74, 6) is 0.494. The van der Waals surface area contributed by atoms with Gasteiger partial charge < -0.3 is 10.4 Å². The monoisotopic (exact) mass is 253 g/mol. The van der Waals surface area contributed by atoms with Gasteiger partial charge in [-0.3, -0.25) is 0 Å². The molecule has 1 aliphatic rings. The lowest BCUT2D eigenvalue weighted by molar-refractivity contribution is 0.458. The molecule has 0 bridgehead atoms. The van der Waals surface area contributed by atoms with Crippen LogP contribution >= 0.6 is 0 Å². The highest BCUT2D eigenvalue weighted by molar-refractivity contribution is 5.69. The zero-order chi connectivity index (χ0) is 13.2. The first-order valence-electron chi connectivity index (χ1n) is 6.92. The molecule has 0 unspecified atom stereocenters. The van der Waals surface area contributed by atoms with Crippen LogP contribution in [0.3, 0.4) is 0 Å². The summed E-state index contributed by atoms with van der Waals surface area (Å²) in [6, 6.07) is 12.3. The third kappa shape index (κ3) is 2.30. The molecule has 98 valence electrons. The van der Waals surface area contributed by atoms with E-state index in [1.54, 1.807) is 0 Å². The molecule has 1 aliphatic carbocycles. The van der Waals surface area contributed by atoms with Crippen molar-refractivity contribution in [3.63, 3.8) is 0 Å². The van der Waals surface area contributed by atoms with E-state index in [2.05, 4.69) is 23.5 Å². The van der Waals surface area contributed by atoms with Gasteiger partial charge in [0, 0.05) is 11.4 Å². The standard InChI is InChI=1S/C17H19NO/c1-12-11-16(18-13-7-3-2-4-8-13)14-9-5-6-10-15(14)17(12)19/h2-4,7-8,11,18-19H,5-6,9-10H2,1H3. The molecule has 0 saturated heterocycles. The molecular formula is C17H19NO. The quantitative estimate of drug-likeness (QED) is 0.781. The number of anilines is 2. The Labute approximate surface area is 114 Å². The van der Waals surface area contributed by atoms with E-state index in [4.69, 9.17) is 0 Å². The van der Waals surface area contributed by atoms with Gasteiger partial charge in [0.05, 0.1) is 0 Å². The number of aryl methyl sites for hydroxylation is 1. The van der Waals surface area contributed by atoms with Gasteiger partial charge in [-0.25, -0.2) is 0 Å². The van der Waals surface area contributed by atoms with Crippen molar-refractivity contribution in [2.45, 2.75) is 32.6 Å². The third-order valence-electron chi connectivity index (χ3n) is 3.87. The molecule has 0 aliphatic heterocycles. The molecule has 19 heavy (non-hydrogen) atoms. The average Bonchev–Trinajstić information content (AvgIpc) is 2.46.